The van der Waals surface area contributed by atoms with E-state index >= 15 is 0 Å². The molecule has 2 rings (SSSR count). The number of aromatic amines is 1. The summed E-state index contributed by atoms with van der Waals surface area (Å²) in [6.07, 6.45) is 1.45. The number of carbonyl (C=O) groups excluding carboxylic acids is 1. The molecular weight excluding hydrogens is 280 g/mol. The molecule has 0 saturated heterocycles. The highest BCUT2D eigenvalue weighted by atomic mass is 35.5. The van der Waals surface area contributed by atoms with Gasteiger partial charge in [0.25, 0.3) is 11.5 Å². The number of amides is 1. The molecule has 0 aliphatic rings. The Balaban J connectivity index is 2.06. The van der Waals surface area contributed by atoms with E-state index in [0.29, 0.717) is 17.8 Å². The number of anilines is 1. The maximum Gasteiger partial charge on any atom is 0.285 e. The highest BCUT2D eigenvalue weighted by molar-refractivity contribution is 6.32. The first kappa shape index (κ1) is 14.1. The first-order valence-electron chi connectivity index (χ1n) is 5.90. The minimum Gasteiger partial charge on any atom is -0.378 e. The molecule has 6 nitrogen and oxygen atoms in total. The number of hydrogen-bond donors (Lipinski definition) is 3. The number of aromatic nitrogens is 2. The fourth-order valence-electron chi connectivity index (χ4n) is 1.62. The number of H-pyrrole nitrogens is 1. The minimum atomic E-state index is -0.438. The summed E-state index contributed by atoms with van der Waals surface area (Å²) in [5.41, 5.74) is 1.57. The van der Waals surface area contributed by atoms with Crippen molar-refractivity contribution in [1.29, 1.82) is 0 Å². The Morgan fingerprint density at radius 1 is 1.35 bits per heavy atom. The van der Waals surface area contributed by atoms with Crippen LogP contribution in [0.3, 0.4) is 0 Å². The van der Waals surface area contributed by atoms with Gasteiger partial charge in [-0.1, -0.05) is 23.7 Å². The predicted octanol–water partition coefficient (Wildman–Crippen LogP) is 1.40. The van der Waals surface area contributed by atoms with Crippen LogP contribution in [-0.4, -0.2) is 23.2 Å². The Kier molecular flexibility index (Phi) is 4.37. The summed E-state index contributed by atoms with van der Waals surface area (Å²) in [4.78, 5) is 22.7. The molecule has 1 heterocycles. The van der Waals surface area contributed by atoms with E-state index in [1.807, 2.05) is 12.1 Å². The molecule has 3 N–H and O–H groups in total. The van der Waals surface area contributed by atoms with Gasteiger partial charge in [0.2, 0.25) is 0 Å². The second-order valence-corrected chi connectivity index (χ2v) is 4.43. The van der Waals surface area contributed by atoms with E-state index in [1.165, 1.54) is 6.20 Å². The summed E-state index contributed by atoms with van der Waals surface area (Å²) in [5.74, 6) is -0.133. The number of benzene rings is 1. The number of carbonyl (C=O) groups is 1. The van der Waals surface area contributed by atoms with Crippen molar-refractivity contribution in [3.8, 4) is 0 Å². The Morgan fingerprint density at radius 3 is 2.70 bits per heavy atom. The molecule has 0 aliphatic carbocycles. The van der Waals surface area contributed by atoms with Gasteiger partial charge in [0.05, 0.1) is 11.9 Å². The molecule has 1 amide bonds. The Bertz CT molecular complexity index is 667. The molecule has 0 atom stereocenters. The monoisotopic (exact) mass is 292 g/mol. The molecule has 1 aromatic heterocycles. The van der Waals surface area contributed by atoms with Crippen LogP contribution in [0.2, 0.25) is 5.02 Å². The lowest BCUT2D eigenvalue weighted by Gasteiger charge is -2.07. The third-order valence-electron chi connectivity index (χ3n) is 2.72. The van der Waals surface area contributed by atoms with Gasteiger partial charge < -0.3 is 10.6 Å². The van der Waals surface area contributed by atoms with E-state index in [4.69, 9.17) is 11.6 Å². The highest BCUT2D eigenvalue weighted by Crippen LogP contribution is 2.15. The van der Waals surface area contributed by atoms with E-state index in [2.05, 4.69) is 20.8 Å². The van der Waals surface area contributed by atoms with Crippen molar-refractivity contribution >= 4 is 23.2 Å². The molecule has 0 bridgehead atoms. The number of hydrogen-bond acceptors (Lipinski definition) is 4. The summed E-state index contributed by atoms with van der Waals surface area (Å²) >= 11 is 5.85. The van der Waals surface area contributed by atoms with Crippen molar-refractivity contribution in [1.82, 2.24) is 15.5 Å². The molecule has 2 aromatic rings. The number of nitrogens with one attached hydrogen (secondary N) is 3. The Labute approximate surface area is 120 Å². The van der Waals surface area contributed by atoms with Crippen LogP contribution in [0.5, 0.6) is 0 Å². The first-order valence-corrected chi connectivity index (χ1v) is 6.27. The van der Waals surface area contributed by atoms with Crippen molar-refractivity contribution in [3.63, 3.8) is 0 Å². The molecule has 0 spiro atoms. The van der Waals surface area contributed by atoms with Crippen LogP contribution in [0.4, 0.5) is 5.69 Å². The minimum absolute atomic E-state index is 0.0713. The van der Waals surface area contributed by atoms with Gasteiger partial charge in [-0.05, 0) is 17.7 Å². The van der Waals surface area contributed by atoms with E-state index in [-0.39, 0.29) is 10.9 Å². The third kappa shape index (κ3) is 3.16. The molecule has 7 heteroatoms. The number of rotatable bonds is 4. The van der Waals surface area contributed by atoms with Crippen molar-refractivity contribution in [2.75, 3.05) is 12.4 Å². The lowest BCUT2D eigenvalue weighted by Crippen LogP contribution is -2.17. The van der Waals surface area contributed by atoms with E-state index in [0.717, 1.165) is 5.56 Å². The molecule has 0 fully saturated rings. The predicted molar refractivity (Wildman–Crippen MR) is 77.0 cm³/mol. The summed E-state index contributed by atoms with van der Waals surface area (Å²) in [6, 6.07) is 7.11. The molecule has 104 valence electrons. The number of nitrogens with zero attached hydrogens (tertiary/aromatic N) is 1. The van der Waals surface area contributed by atoms with Crippen LogP contribution in [-0.2, 0) is 6.54 Å². The van der Waals surface area contributed by atoms with Crippen LogP contribution < -0.4 is 16.2 Å². The van der Waals surface area contributed by atoms with Gasteiger partial charge in [-0.25, -0.2) is 5.10 Å². The van der Waals surface area contributed by atoms with Gasteiger partial charge in [-0.15, -0.1) is 0 Å². The topological polar surface area (TPSA) is 86.9 Å². The summed E-state index contributed by atoms with van der Waals surface area (Å²) in [5, 5.41) is 11.6. The summed E-state index contributed by atoms with van der Waals surface area (Å²) < 4.78 is 0. The SMILES string of the molecule is CNC(=O)c1ccc(CNc2cn[nH]c(=O)c2Cl)cc1. The third-order valence-corrected chi connectivity index (χ3v) is 3.10. The van der Waals surface area contributed by atoms with Crippen LogP contribution in [0.25, 0.3) is 0 Å². The van der Waals surface area contributed by atoms with Crippen LogP contribution >= 0.6 is 11.6 Å². The molecule has 20 heavy (non-hydrogen) atoms. The second-order valence-electron chi connectivity index (χ2n) is 4.06. The van der Waals surface area contributed by atoms with Gasteiger partial charge in [0, 0.05) is 19.2 Å². The van der Waals surface area contributed by atoms with Gasteiger partial charge >= 0.3 is 0 Å². The van der Waals surface area contributed by atoms with E-state index < -0.39 is 5.56 Å². The maximum absolute atomic E-state index is 11.4. The Hall–Kier alpha value is -2.34. The Morgan fingerprint density at radius 2 is 2.05 bits per heavy atom. The zero-order valence-corrected chi connectivity index (χ0v) is 11.5. The zero-order valence-electron chi connectivity index (χ0n) is 10.7. The zero-order chi connectivity index (χ0) is 14.5. The molecule has 1 aromatic carbocycles. The standard InChI is InChI=1S/C13H13ClN4O2/c1-15-12(19)9-4-2-8(3-5-9)6-16-10-7-17-18-13(20)11(10)14/h2-5,7H,6H2,1H3,(H,15,19)(H2,16,18,20). The fourth-order valence-corrected chi connectivity index (χ4v) is 1.78. The lowest BCUT2D eigenvalue weighted by atomic mass is 10.1. The second kappa shape index (κ2) is 6.21. The maximum atomic E-state index is 11.4. The van der Waals surface area contributed by atoms with Gasteiger partial charge in [0.15, 0.2) is 0 Å². The van der Waals surface area contributed by atoms with Crippen LogP contribution in [0, 0.1) is 0 Å². The van der Waals surface area contributed by atoms with E-state index in [1.54, 1.807) is 19.2 Å². The summed E-state index contributed by atoms with van der Waals surface area (Å²) in [7, 11) is 1.58. The quantitative estimate of drug-likeness (QED) is 0.795. The molecule has 0 unspecified atom stereocenters. The van der Waals surface area contributed by atoms with Gasteiger partial charge in [0.1, 0.15) is 5.02 Å². The van der Waals surface area contributed by atoms with Crippen LogP contribution in [0.15, 0.2) is 35.3 Å². The van der Waals surface area contributed by atoms with Crippen molar-refractivity contribution < 1.29 is 4.79 Å². The summed E-state index contributed by atoms with van der Waals surface area (Å²) in [6.45, 7) is 0.471. The van der Waals surface area contributed by atoms with Gasteiger partial charge in [-0.3, -0.25) is 9.59 Å². The lowest BCUT2D eigenvalue weighted by molar-refractivity contribution is 0.0963. The molecule has 0 radical (unpaired) electrons. The number of halogens is 1. The van der Waals surface area contributed by atoms with Crippen molar-refractivity contribution in [2.45, 2.75) is 6.54 Å². The molecular formula is C13H13ClN4O2. The molecule has 0 aliphatic heterocycles. The normalized spacial score (nSPS) is 10.1. The fraction of sp³-hybridized carbons (Fsp3) is 0.154. The largest absolute Gasteiger partial charge is 0.378 e. The average Bonchev–Trinajstić information content (AvgIpc) is 2.48. The van der Waals surface area contributed by atoms with E-state index in [9.17, 15) is 9.59 Å². The molecule has 0 saturated carbocycles. The van der Waals surface area contributed by atoms with Gasteiger partial charge in [-0.2, -0.15) is 5.10 Å². The van der Waals surface area contributed by atoms with Crippen molar-refractivity contribution in [3.05, 3.63) is 57.0 Å². The average molecular weight is 293 g/mol. The smallest absolute Gasteiger partial charge is 0.285 e. The van der Waals surface area contributed by atoms with Crippen LogP contribution in [0.1, 0.15) is 15.9 Å². The highest BCUT2D eigenvalue weighted by Gasteiger charge is 2.05. The van der Waals surface area contributed by atoms with Crippen molar-refractivity contribution in [2.24, 2.45) is 0 Å². The first-order chi connectivity index (χ1) is 9.61.